The Kier molecular flexibility index (Phi) is 10.6. The van der Waals surface area contributed by atoms with Gasteiger partial charge in [-0.3, -0.25) is 0 Å². The molecular formula is C12H27O5Si4. The topological polar surface area (TPSA) is 54.0 Å². The van der Waals surface area contributed by atoms with Crippen LogP contribution in [0.15, 0.2) is 12.7 Å². The Bertz CT molecular complexity index is 296. The normalized spacial score (nSPS) is 12.2. The predicted molar refractivity (Wildman–Crippen MR) is 92.0 cm³/mol. The Morgan fingerprint density at radius 3 is 1.76 bits per heavy atom. The maximum Gasteiger partial charge on any atom is 0.469 e. The lowest BCUT2D eigenvalue weighted by Crippen LogP contribution is -2.53. The van der Waals surface area contributed by atoms with Crippen molar-refractivity contribution in [1.82, 2.24) is 0 Å². The molecule has 0 aromatic carbocycles. The van der Waals surface area contributed by atoms with Crippen molar-refractivity contribution in [3.05, 3.63) is 12.7 Å². The van der Waals surface area contributed by atoms with E-state index in [0.717, 1.165) is 0 Å². The van der Waals surface area contributed by atoms with E-state index in [1.807, 2.05) is 0 Å². The first-order valence-corrected chi connectivity index (χ1v) is 16.1. The predicted octanol–water partition coefficient (Wildman–Crippen LogP) is 2.85. The highest BCUT2D eigenvalue weighted by molar-refractivity contribution is 6.79. The molecule has 0 rings (SSSR count). The summed E-state index contributed by atoms with van der Waals surface area (Å²) >= 11 is 0. The Hall–Kier alpha value is -0.0425. The lowest BCUT2D eigenvalue weighted by Gasteiger charge is -2.34. The van der Waals surface area contributed by atoms with E-state index >= 15 is 0 Å². The molecule has 9 heteroatoms. The Morgan fingerprint density at radius 2 is 1.43 bits per heavy atom. The Labute approximate surface area is 135 Å². The Morgan fingerprint density at radius 1 is 1.00 bits per heavy atom. The van der Waals surface area contributed by atoms with Gasteiger partial charge in [-0.25, -0.2) is 4.79 Å². The summed E-state index contributed by atoms with van der Waals surface area (Å²) in [7, 11) is -5.40. The van der Waals surface area contributed by atoms with Crippen molar-refractivity contribution in [1.29, 1.82) is 0 Å². The second-order valence-electron chi connectivity index (χ2n) is 5.19. The van der Waals surface area contributed by atoms with E-state index in [4.69, 9.17) is 17.1 Å². The van der Waals surface area contributed by atoms with Crippen LogP contribution in [-0.4, -0.2) is 48.5 Å². The third-order valence-corrected chi connectivity index (χ3v) is 11.7. The van der Waals surface area contributed by atoms with Crippen molar-refractivity contribution < 1.29 is 21.9 Å². The molecule has 3 radical (unpaired) electrons. The van der Waals surface area contributed by atoms with Gasteiger partial charge in [0.15, 0.2) is 27.1 Å². The first-order valence-electron chi connectivity index (χ1n) is 6.97. The van der Waals surface area contributed by atoms with Crippen LogP contribution in [0.5, 0.6) is 0 Å². The highest BCUT2D eigenvalue weighted by Crippen LogP contribution is 2.21. The van der Waals surface area contributed by atoms with Crippen molar-refractivity contribution in [2.75, 3.05) is 6.61 Å². The fourth-order valence-corrected chi connectivity index (χ4v) is 12.6. The molecule has 0 bridgehead atoms. The molecule has 0 amide bonds. The van der Waals surface area contributed by atoms with E-state index in [1.54, 1.807) is 0 Å². The molecular weight excluding hydrogens is 336 g/mol. The summed E-state index contributed by atoms with van der Waals surface area (Å²) in [6, 6.07) is 0.693. The van der Waals surface area contributed by atoms with E-state index in [1.165, 1.54) is 6.08 Å². The molecule has 0 aliphatic rings. The van der Waals surface area contributed by atoms with Gasteiger partial charge in [0.2, 0.25) is 0 Å². The lowest BCUT2D eigenvalue weighted by molar-refractivity contribution is -0.137. The zero-order chi connectivity index (χ0) is 16.5. The van der Waals surface area contributed by atoms with Crippen LogP contribution in [0.4, 0.5) is 0 Å². The van der Waals surface area contributed by atoms with Crippen LogP contribution in [0.3, 0.4) is 0 Å². The van der Waals surface area contributed by atoms with Crippen LogP contribution < -0.4 is 0 Å². The van der Waals surface area contributed by atoms with Gasteiger partial charge in [-0.15, -0.1) is 0 Å². The van der Waals surface area contributed by atoms with Crippen molar-refractivity contribution in [3.8, 4) is 0 Å². The van der Waals surface area contributed by atoms with Crippen LogP contribution in [0, 0.1) is 0 Å². The zero-order valence-electron chi connectivity index (χ0n) is 13.9. The average Bonchev–Trinajstić information content (AvgIpc) is 2.31. The number of carbonyl (C=O) groups excluding carboxylic acids is 1. The largest absolute Gasteiger partial charge is 0.469 e. The molecule has 0 saturated heterocycles. The number of ether oxygens (including phenoxy) is 1. The van der Waals surface area contributed by atoms with Gasteiger partial charge in [0.25, 0.3) is 0 Å². The van der Waals surface area contributed by atoms with E-state index in [9.17, 15) is 4.79 Å². The third kappa shape index (κ3) is 10.3. The molecule has 0 heterocycles. The van der Waals surface area contributed by atoms with Gasteiger partial charge in [0.1, 0.15) is 0 Å². The molecule has 121 valence electrons. The minimum absolute atomic E-state index is 0.343. The molecule has 0 aromatic rings. The summed E-state index contributed by atoms with van der Waals surface area (Å²) in [5, 5.41) is 0. The monoisotopic (exact) mass is 363 g/mol. The van der Waals surface area contributed by atoms with Crippen molar-refractivity contribution >= 4 is 41.9 Å². The Balaban J connectivity index is 4.72. The van der Waals surface area contributed by atoms with Crippen LogP contribution in [0.25, 0.3) is 0 Å². The van der Waals surface area contributed by atoms with Crippen LogP contribution in [0.2, 0.25) is 45.3 Å². The molecule has 0 aliphatic heterocycles. The summed E-state index contributed by atoms with van der Waals surface area (Å²) in [4.78, 5) is 11.1. The van der Waals surface area contributed by atoms with Gasteiger partial charge >= 0.3 is 14.8 Å². The molecule has 0 atom stereocenters. The molecule has 0 saturated carbocycles. The fraction of sp³-hybridized carbons (Fsp3) is 0.750. The lowest BCUT2D eigenvalue weighted by atomic mass is 10.5. The quantitative estimate of drug-likeness (QED) is 0.244. The number of carbonyl (C=O) groups is 1. The van der Waals surface area contributed by atoms with Crippen LogP contribution in [0.1, 0.15) is 6.42 Å². The number of rotatable bonds is 11. The third-order valence-electron chi connectivity index (χ3n) is 2.12. The number of hydrogen-bond acceptors (Lipinski definition) is 5. The molecule has 0 N–H and O–H groups in total. The van der Waals surface area contributed by atoms with Crippen molar-refractivity contribution in [3.63, 3.8) is 0 Å². The standard InChI is InChI=1S/C12H27O5Si4/c1-8-12(13)14-10-9-11-21(15-18(2)3,16-19(4)5)17-20(6)7/h8H,1,9-11H2,2-7H3. The second kappa shape index (κ2) is 10.6. The average molecular weight is 364 g/mol. The highest BCUT2D eigenvalue weighted by atomic mass is 28.5. The van der Waals surface area contributed by atoms with Gasteiger partial charge in [0.05, 0.1) is 6.61 Å². The molecule has 0 unspecified atom stereocenters. The van der Waals surface area contributed by atoms with Gasteiger partial charge in [-0.2, -0.15) is 0 Å². The van der Waals surface area contributed by atoms with Gasteiger partial charge in [-0.1, -0.05) is 6.58 Å². The smallest absolute Gasteiger partial charge is 0.463 e. The second-order valence-corrected chi connectivity index (χ2v) is 15.0. The summed E-state index contributed by atoms with van der Waals surface area (Å²) in [6.07, 6.45) is 1.86. The first kappa shape index (κ1) is 21.0. The van der Waals surface area contributed by atoms with E-state index < -0.39 is 41.9 Å². The van der Waals surface area contributed by atoms with Gasteiger partial charge in [-0.05, 0) is 45.7 Å². The SMILES string of the molecule is C=CC(=O)OCCC[Si](O[Si](C)C)(O[Si](C)C)O[Si](C)C. The maximum absolute atomic E-state index is 11.1. The molecule has 5 nitrogen and oxygen atoms in total. The minimum Gasteiger partial charge on any atom is -0.463 e. The molecule has 21 heavy (non-hydrogen) atoms. The summed E-state index contributed by atoms with van der Waals surface area (Å²) in [6.45, 7) is 16.3. The summed E-state index contributed by atoms with van der Waals surface area (Å²) in [5.41, 5.74) is 0. The molecule has 0 aliphatic carbocycles. The summed E-state index contributed by atoms with van der Waals surface area (Å²) in [5.74, 6) is -0.396. The highest BCUT2D eigenvalue weighted by Gasteiger charge is 2.42. The van der Waals surface area contributed by atoms with Gasteiger partial charge < -0.3 is 17.1 Å². The zero-order valence-corrected chi connectivity index (χ0v) is 17.9. The molecule has 0 aromatic heterocycles. The summed E-state index contributed by atoms with van der Waals surface area (Å²) < 4.78 is 23.6. The minimum atomic E-state index is -2.65. The van der Waals surface area contributed by atoms with Gasteiger partial charge in [0, 0.05) is 12.1 Å². The number of hydrogen-bond donors (Lipinski definition) is 0. The number of esters is 1. The van der Waals surface area contributed by atoms with Crippen molar-refractivity contribution in [2.24, 2.45) is 0 Å². The van der Waals surface area contributed by atoms with Crippen LogP contribution in [-0.2, 0) is 21.9 Å². The van der Waals surface area contributed by atoms with E-state index in [2.05, 4.69) is 45.9 Å². The van der Waals surface area contributed by atoms with E-state index in [-0.39, 0.29) is 0 Å². The van der Waals surface area contributed by atoms with Crippen molar-refractivity contribution in [2.45, 2.75) is 51.7 Å². The van der Waals surface area contributed by atoms with E-state index in [0.29, 0.717) is 19.1 Å². The molecule has 0 fully saturated rings. The first-order chi connectivity index (χ1) is 9.70. The fourth-order valence-electron chi connectivity index (χ4n) is 1.67. The molecule has 0 spiro atoms. The van der Waals surface area contributed by atoms with Crippen LogP contribution >= 0.6 is 0 Å². The maximum atomic E-state index is 11.1.